The van der Waals surface area contributed by atoms with E-state index in [0.29, 0.717) is 11.5 Å². The van der Waals surface area contributed by atoms with Gasteiger partial charge in [0.05, 0.1) is 5.56 Å². The van der Waals surface area contributed by atoms with E-state index >= 15 is 0 Å². The maximum atomic E-state index is 13.2. The number of likely N-dealkylation sites (N-methyl/N-ethyl adjacent to an activating group) is 1. The Balaban J connectivity index is 1.75. The molecule has 1 aliphatic heterocycles. The normalized spacial score (nSPS) is 19.3. The molecule has 0 aromatic heterocycles. The van der Waals surface area contributed by atoms with Gasteiger partial charge in [0.15, 0.2) is 5.96 Å². The predicted octanol–water partition coefficient (Wildman–Crippen LogP) is 2.84. The van der Waals surface area contributed by atoms with E-state index in [-0.39, 0.29) is 12.6 Å². The third-order valence-electron chi connectivity index (χ3n) is 5.27. The van der Waals surface area contributed by atoms with Gasteiger partial charge in [0.25, 0.3) is 0 Å². The molecule has 0 amide bonds. The molecule has 2 N–H and O–H groups in total. The van der Waals surface area contributed by atoms with Gasteiger partial charge in [0, 0.05) is 51.5 Å². The lowest BCUT2D eigenvalue weighted by atomic mass is 10.1. The van der Waals surface area contributed by atoms with Gasteiger partial charge < -0.3 is 20.4 Å². The summed E-state index contributed by atoms with van der Waals surface area (Å²) in [5.74, 6) is 0.607. The Morgan fingerprint density at radius 3 is 2.43 bits per heavy atom. The zero-order valence-electron chi connectivity index (χ0n) is 16.4. The Morgan fingerprint density at radius 1 is 1.14 bits per heavy atom. The first-order chi connectivity index (χ1) is 13.4. The molecule has 1 fully saturated rings. The summed E-state index contributed by atoms with van der Waals surface area (Å²) in [5, 5.41) is 6.51. The van der Waals surface area contributed by atoms with Gasteiger partial charge in [-0.15, -0.1) is 0 Å². The number of guanidine groups is 1. The van der Waals surface area contributed by atoms with Gasteiger partial charge in [-0.25, -0.2) is 0 Å². The Kier molecular flexibility index (Phi) is 6.49. The topological polar surface area (TPSA) is 42.9 Å². The molecule has 1 aromatic rings. The molecule has 1 saturated heterocycles. The molecule has 8 heteroatoms. The zero-order chi connectivity index (χ0) is 20.1. The second-order valence-corrected chi connectivity index (χ2v) is 7.34. The van der Waals surface area contributed by atoms with Gasteiger partial charge in [-0.3, -0.25) is 4.99 Å². The minimum atomic E-state index is -4.36. The highest BCUT2D eigenvalue weighted by Crippen LogP contribution is 2.33. The number of nitrogens with one attached hydrogen (secondary N) is 2. The van der Waals surface area contributed by atoms with E-state index in [1.54, 1.807) is 13.1 Å². The second kappa shape index (κ2) is 8.86. The molecule has 154 valence electrons. The largest absolute Gasteiger partial charge is 0.416 e. The molecule has 0 radical (unpaired) electrons. The first-order valence-electron chi connectivity index (χ1n) is 9.62. The van der Waals surface area contributed by atoms with Gasteiger partial charge >= 0.3 is 6.18 Å². The lowest BCUT2D eigenvalue weighted by Gasteiger charge is -2.35. The molecule has 0 saturated carbocycles. The van der Waals surface area contributed by atoms with Crippen LogP contribution in [-0.4, -0.2) is 57.2 Å². The van der Waals surface area contributed by atoms with Gasteiger partial charge in [0.1, 0.15) is 0 Å². The number of nitrogens with zero attached hydrogens (tertiary/aromatic N) is 3. The lowest BCUT2D eigenvalue weighted by molar-refractivity contribution is -0.137. The summed E-state index contributed by atoms with van der Waals surface area (Å²) in [6.45, 7) is 3.67. The van der Waals surface area contributed by atoms with Crippen molar-refractivity contribution < 1.29 is 13.2 Å². The number of halogens is 3. The maximum Gasteiger partial charge on any atom is 0.416 e. The number of hydrogen-bond acceptors (Lipinski definition) is 3. The molecule has 1 aromatic carbocycles. The number of rotatable bonds is 4. The van der Waals surface area contributed by atoms with Crippen molar-refractivity contribution in [3.05, 3.63) is 41.5 Å². The third kappa shape index (κ3) is 5.19. The molecule has 2 aliphatic rings. The molecular weight excluding hydrogens is 367 g/mol. The quantitative estimate of drug-likeness (QED) is 0.468. The molecule has 3 rings (SSSR count). The molecule has 0 spiro atoms. The van der Waals surface area contributed by atoms with Gasteiger partial charge in [-0.2, -0.15) is 13.2 Å². The summed E-state index contributed by atoms with van der Waals surface area (Å²) in [6, 6.07) is 4.31. The van der Waals surface area contributed by atoms with Crippen LogP contribution < -0.4 is 15.5 Å². The van der Waals surface area contributed by atoms with Crippen molar-refractivity contribution in [2.45, 2.75) is 31.6 Å². The van der Waals surface area contributed by atoms with E-state index in [1.807, 2.05) is 0 Å². The average Bonchev–Trinajstić information content (AvgIpc) is 3.18. The number of benzene rings is 1. The fraction of sp³-hybridized carbons (Fsp3) is 0.550. The number of alkyl halides is 3. The highest BCUT2D eigenvalue weighted by molar-refractivity contribution is 5.80. The number of hydrogen-bond donors (Lipinski definition) is 2. The molecule has 0 bridgehead atoms. The van der Waals surface area contributed by atoms with Crippen LogP contribution in [0.3, 0.4) is 0 Å². The van der Waals surface area contributed by atoms with Gasteiger partial charge in [-0.05, 0) is 43.7 Å². The molecule has 5 nitrogen and oxygen atoms in total. The Bertz CT molecular complexity index is 713. The van der Waals surface area contributed by atoms with Crippen molar-refractivity contribution >= 4 is 11.6 Å². The fourth-order valence-corrected chi connectivity index (χ4v) is 3.56. The van der Waals surface area contributed by atoms with Crippen molar-refractivity contribution in [1.82, 2.24) is 15.5 Å². The summed E-state index contributed by atoms with van der Waals surface area (Å²) in [7, 11) is 3.73. The van der Waals surface area contributed by atoms with Crippen molar-refractivity contribution in [3.8, 4) is 0 Å². The SMILES string of the molecule is CN=C(NCc1cc(C(F)(F)F)ccc1N1CCN(C)CC1)NC1CC=CC1. The molecule has 1 heterocycles. The first kappa shape index (κ1) is 20.5. The fourth-order valence-electron chi connectivity index (χ4n) is 3.56. The van der Waals surface area contributed by atoms with Gasteiger partial charge in [-0.1, -0.05) is 12.2 Å². The van der Waals surface area contributed by atoms with Gasteiger partial charge in [0.2, 0.25) is 0 Å². The Hall–Kier alpha value is -2.22. The molecule has 1 aliphatic carbocycles. The molecule has 28 heavy (non-hydrogen) atoms. The van der Waals surface area contributed by atoms with E-state index < -0.39 is 11.7 Å². The predicted molar refractivity (Wildman–Crippen MR) is 107 cm³/mol. The molecule has 0 unspecified atom stereocenters. The summed E-state index contributed by atoms with van der Waals surface area (Å²) in [4.78, 5) is 8.60. The van der Waals surface area contributed by atoms with Crippen LogP contribution in [0.1, 0.15) is 24.0 Å². The van der Waals surface area contributed by atoms with Crippen LogP contribution in [0, 0.1) is 0 Å². The molecular formula is C20H28F3N5. The van der Waals surface area contributed by atoms with E-state index in [2.05, 4.69) is 44.6 Å². The van der Waals surface area contributed by atoms with Crippen LogP contribution in [0.5, 0.6) is 0 Å². The number of piperazine rings is 1. The highest BCUT2D eigenvalue weighted by Gasteiger charge is 2.31. The van der Waals surface area contributed by atoms with Crippen LogP contribution in [0.15, 0.2) is 35.3 Å². The van der Waals surface area contributed by atoms with Crippen molar-refractivity contribution in [2.24, 2.45) is 4.99 Å². The zero-order valence-corrected chi connectivity index (χ0v) is 16.4. The minimum absolute atomic E-state index is 0.282. The van der Waals surface area contributed by atoms with Crippen LogP contribution in [0.2, 0.25) is 0 Å². The maximum absolute atomic E-state index is 13.2. The Labute approximate surface area is 164 Å². The first-order valence-corrected chi connectivity index (χ1v) is 9.62. The smallest absolute Gasteiger partial charge is 0.369 e. The standard InChI is InChI=1S/C20H28F3N5/c1-24-19(26-17-5-3-4-6-17)25-14-15-13-16(20(21,22)23)7-8-18(15)28-11-9-27(2)10-12-28/h3-4,7-8,13,17H,5-6,9-12,14H2,1-2H3,(H2,24,25,26). The van der Waals surface area contributed by atoms with Crippen LogP contribution in [0.25, 0.3) is 0 Å². The summed E-state index contributed by atoms with van der Waals surface area (Å²) in [5.41, 5.74) is 0.864. The van der Waals surface area contributed by atoms with Crippen LogP contribution in [0.4, 0.5) is 18.9 Å². The van der Waals surface area contributed by atoms with Crippen LogP contribution in [-0.2, 0) is 12.7 Å². The number of aliphatic imine (C=N–C) groups is 1. The summed E-state index contributed by atoms with van der Waals surface area (Å²) >= 11 is 0. The monoisotopic (exact) mass is 395 g/mol. The van der Waals surface area contributed by atoms with E-state index in [1.165, 1.54) is 12.1 Å². The van der Waals surface area contributed by atoms with Crippen molar-refractivity contribution in [2.75, 3.05) is 45.2 Å². The van der Waals surface area contributed by atoms with E-state index in [4.69, 9.17) is 0 Å². The lowest BCUT2D eigenvalue weighted by Crippen LogP contribution is -2.45. The Morgan fingerprint density at radius 2 is 1.82 bits per heavy atom. The summed E-state index contributed by atoms with van der Waals surface area (Å²) < 4.78 is 39.7. The molecule has 0 atom stereocenters. The highest BCUT2D eigenvalue weighted by atomic mass is 19.4. The average molecular weight is 395 g/mol. The van der Waals surface area contributed by atoms with Crippen LogP contribution >= 0.6 is 0 Å². The summed E-state index contributed by atoms with van der Waals surface area (Å²) in [6.07, 6.45) is 1.73. The minimum Gasteiger partial charge on any atom is -0.369 e. The van der Waals surface area contributed by atoms with E-state index in [9.17, 15) is 13.2 Å². The number of anilines is 1. The van der Waals surface area contributed by atoms with Crippen molar-refractivity contribution in [1.29, 1.82) is 0 Å². The van der Waals surface area contributed by atoms with E-state index in [0.717, 1.165) is 44.7 Å². The van der Waals surface area contributed by atoms with Crippen molar-refractivity contribution in [3.63, 3.8) is 0 Å². The second-order valence-electron chi connectivity index (χ2n) is 7.34. The third-order valence-corrected chi connectivity index (χ3v) is 5.27.